The molecule has 0 amide bonds. The van der Waals surface area contributed by atoms with Crippen LogP contribution in [0.4, 0.5) is 11.6 Å². The van der Waals surface area contributed by atoms with Gasteiger partial charge >= 0.3 is 5.97 Å². The predicted molar refractivity (Wildman–Crippen MR) is 112 cm³/mol. The summed E-state index contributed by atoms with van der Waals surface area (Å²) in [7, 11) is 0. The lowest BCUT2D eigenvalue weighted by molar-refractivity contribution is 0.0526. The number of benzene rings is 2. The molecule has 5 rings (SSSR count). The second-order valence-corrected chi connectivity index (χ2v) is 7.14. The van der Waals surface area contributed by atoms with E-state index < -0.39 is 0 Å². The number of hydrogen-bond donors (Lipinski definition) is 1. The third-order valence-corrected chi connectivity index (χ3v) is 5.15. The van der Waals surface area contributed by atoms with E-state index in [1.807, 2.05) is 6.07 Å². The molecule has 0 saturated heterocycles. The van der Waals surface area contributed by atoms with Crippen molar-refractivity contribution in [1.82, 2.24) is 25.0 Å². The number of ether oxygens (including phenoxy) is 1. The number of carbonyl (C=O) groups is 1. The van der Waals surface area contributed by atoms with Crippen LogP contribution < -0.4 is 5.32 Å². The molecule has 2 aromatic heterocycles. The van der Waals surface area contributed by atoms with Gasteiger partial charge < -0.3 is 10.1 Å². The maximum Gasteiger partial charge on any atom is 0.338 e. The smallest absolute Gasteiger partial charge is 0.338 e. The molecule has 0 saturated carbocycles. The highest BCUT2D eigenvalue weighted by Crippen LogP contribution is 2.25. The Hall–Kier alpha value is -3.81. The molecule has 4 aromatic rings. The van der Waals surface area contributed by atoms with E-state index in [1.54, 1.807) is 36.0 Å². The summed E-state index contributed by atoms with van der Waals surface area (Å²) in [5.41, 5.74) is 6.09. The van der Waals surface area contributed by atoms with Gasteiger partial charge in [0.2, 0.25) is 5.95 Å². The number of anilines is 2. The van der Waals surface area contributed by atoms with E-state index in [0.29, 0.717) is 35.0 Å². The van der Waals surface area contributed by atoms with Crippen molar-refractivity contribution >= 4 is 28.8 Å². The van der Waals surface area contributed by atoms with E-state index in [1.165, 1.54) is 17.5 Å². The molecular formula is C22H20N6O2. The largest absolute Gasteiger partial charge is 0.462 e. The van der Waals surface area contributed by atoms with Gasteiger partial charge in [-0.2, -0.15) is 9.67 Å². The summed E-state index contributed by atoms with van der Waals surface area (Å²) < 4.78 is 6.79. The molecule has 1 N–H and O–H groups in total. The number of carbonyl (C=O) groups excluding carboxylic acids is 1. The number of fused-ring (bicyclic) bond motifs is 2. The molecule has 0 bridgehead atoms. The quantitative estimate of drug-likeness (QED) is 0.511. The number of rotatable bonds is 5. The van der Waals surface area contributed by atoms with Crippen molar-refractivity contribution in [3.63, 3.8) is 0 Å². The van der Waals surface area contributed by atoms with Crippen molar-refractivity contribution in [3.05, 3.63) is 65.4 Å². The van der Waals surface area contributed by atoms with Crippen LogP contribution in [0.1, 0.15) is 34.8 Å². The fourth-order valence-electron chi connectivity index (χ4n) is 3.72. The highest BCUT2D eigenvalue weighted by atomic mass is 16.5. The minimum atomic E-state index is -0.364. The summed E-state index contributed by atoms with van der Waals surface area (Å²) in [6.45, 7) is 2.11. The number of aromatic nitrogens is 5. The van der Waals surface area contributed by atoms with Crippen LogP contribution >= 0.6 is 0 Å². The monoisotopic (exact) mass is 400 g/mol. The van der Waals surface area contributed by atoms with Gasteiger partial charge in [-0.1, -0.05) is 17.3 Å². The van der Waals surface area contributed by atoms with Crippen LogP contribution in [0, 0.1) is 0 Å². The van der Waals surface area contributed by atoms with Gasteiger partial charge in [-0.3, -0.25) is 0 Å². The normalized spacial score (nSPS) is 12.7. The van der Waals surface area contributed by atoms with Crippen LogP contribution in [0.15, 0.2) is 48.7 Å². The zero-order chi connectivity index (χ0) is 20.5. The van der Waals surface area contributed by atoms with Crippen LogP contribution in [0.5, 0.6) is 0 Å². The molecule has 0 spiro atoms. The van der Waals surface area contributed by atoms with Gasteiger partial charge in [0.25, 0.3) is 0 Å². The second kappa shape index (κ2) is 7.55. The fourth-order valence-corrected chi connectivity index (χ4v) is 3.72. The Morgan fingerprint density at radius 3 is 2.97 bits per heavy atom. The van der Waals surface area contributed by atoms with Gasteiger partial charge in [-0.25, -0.2) is 9.78 Å². The summed E-state index contributed by atoms with van der Waals surface area (Å²) in [5.74, 6) is 0.0321. The first-order valence-corrected chi connectivity index (χ1v) is 9.96. The van der Waals surface area contributed by atoms with Crippen LogP contribution in [-0.4, -0.2) is 37.5 Å². The first kappa shape index (κ1) is 18.2. The van der Waals surface area contributed by atoms with Gasteiger partial charge in [0.15, 0.2) is 11.2 Å². The number of nitrogens with one attached hydrogen (secondary N) is 1. The highest BCUT2D eigenvalue weighted by Gasteiger charge is 2.15. The predicted octanol–water partition coefficient (Wildman–Crippen LogP) is 3.62. The van der Waals surface area contributed by atoms with E-state index >= 15 is 0 Å². The van der Waals surface area contributed by atoms with Crippen LogP contribution in [0.25, 0.3) is 16.9 Å². The minimum absolute atomic E-state index is 0.329. The van der Waals surface area contributed by atoms with Gasteiger partial charge in [-0.05, 0) is 67.6 Å². The molecule has 8 nitrogen and oxygen atoms in total. The van der Waals surface area contributed by atoms with Crippen LogP contribution in [0.3, 0.4) is 0 Å². The molecule has 1 aliphatic rings. The highest BCUT2D eigenvalue weighted by molar-refractivity contribution is 5.90. The molecule has 1 aliphatic carbocycles. The van der Waals surface area contributed by atoms with Gasteiger partial charge in [-0.15, -0.1) is 5.10 Å². The molecule has 0 unspecified atom stereocenters. The third kappa shape index (κ3) is 3.36. The fraction of sp³-hybridized carbons (Fsp3) is 0.227. The standard InChI is InChI=1S/C22H20N6O2/c1-2-30-21(29)16-7-4-8-17(11-16)24-22-23-13-19-20(25-22)28(27-26-19)18-10-9-14-5-3-6-15(14)12-18/h4,7-13H,2-3,5-6H2,1H3,(H,23,24,25). The van der Waals surface area contributed by atoms with E-state index in [2.05, 4.69) is 43.8 Å². The Bertz CT molecular complexity index is 1250. The number of hydrogen-bond acceptors (Lipinski definition) is 7. The molecule has 0 aliphatic heterocycles. The summed E-state index contributed by atoms with van der Waals surface area (Å²) in [5, 5.41) is 11.6. The minimum Gasteiger partial charge on any atom is -0.462 e. The average molecular weight is 400 g/mol. The van der Waals surface area contributed by atoms with Gasteiger partial charge in [0, 0.05) is 5.69 Å². The zero-order valence-corrected chi connectivity index (χ0v) is 16.5. The summed E-state index contributed by atoms with van der Waals surface area (Å²) >= 11 is 0. The van der Waals surface area contributed by atoms with E-state index in [9.17, 15) is 4.79 Å². The topological polar surface area (TPSA) is 94.8 Å². The van der Waals surface area contributed by atoms with Crippen molar-refractivity contribution in [2.75, 3.05) is 11.9 Å². The maximum absolute atomic E-state index is 12.0. The number of nitrogens with zero attached hydrogens (tertiary/aromatic N) is 5. The molecule has 8 heteroatoms. The van der Waals surface area contributed by atoms with E-state index in [0.717, 1.165) is 18.5 Å². The summed E-state index contributed by atoms with van der Waals surface area (Å²) in [6, 6.07) is 13.4. The third-order valence-electron chi connectivity index (χ3n) is 5.15. The maximum atomic E-state index is 12.0. The summed E-state index contributed by atoms with van der Waals surface area (Å²) in [4.78, 5) is 20.9. The zero-order valence-electron chi connectivity index (χ0n) is 16.5. The van der Waals surface area contributed by atoms with Crippen molar-refractivity contribution < 1.29 is 9.53 Å². The molecule has 2 heterocycles. The number of aryl methyl sites for hydroxylation is 2. The lowest BCUT2D eigenvalue weighted by Gasteiger charge is -2.08. The summed E-state index contributed by atoms with van der Waals surface area (Å²) in [6.07, 6.45) is 5.05. The molecule has 0 fully saturated rings. The Kier molecular flexibility index (Phi) is 4.59. The van der Waals surface area contributed by atoms with Crippen molar-refractivity contribution in [2.45, 2.75) is 26.2 Å². The van der Waals surface area contributed by atoms with E-state index in [4.69, 9.17) is 4.74 Å². The lowest BCUT2D eigenvalue weighted by atomic mass is 10.1. The van der Waals surface area contributed by atoms with Crippen LogP contribution in [0.2, 0.25) is 0 Å². The van der Waals surface area contributed by atoms with Gasteiger partial charge in [0.1, 0.15) is 0 Å². The second-order valence-electron chi connectivity index (χ2n) is 7.14. The SMILES string of the molecule is CCOC(=O)c1cccc(Nc2ncc3nnn(-c4ccc5c(c4)CCC5)c3n2)c1. The molecule has 2 aromatic carbocycles. The Labute approximate surface area is 172 Å². The molecule has 150 valence electrons. The van der Waals surface area contributed by atoms with Crippen molar-refractivity contribution in [2.24, 2.45) is 0 Å². The first-order valence-electron chi connectivity index (χ1n) is 9.96. The van der Waals surface area contributed by atoms with Crippen molar-refractivity contribution in [1.29, 1.82) is 0 Å². The van der Waals surface area contributed by atoms with Gasteiger partial charge in [0.05, 0.1) is 24.1 Å². The Morgan fingerprint density at radius 2 is 2.07 bits per heavy atom. The lowest BCUT2D eigenvalue weighted by Crippen LogP contribution is -2.05. The Balaban J connectivity index is 1.46. The Morgan fingerprint density at radius 1 is 1.17 bits per heavy atom. The number of esters is 1. The van der Waals surface area contributed by atoms with Crippen LogP contribution in [-0.2, 0) is 17.6 Å². The van der Waals surface area contributed by atoms with Crippen molar-refractivity contribution in [3.8, 4) is 5.69 Å². The molecule has 30 heavy (non-hydrogen) atoms. The first-order chi connectivity index (χ1) is 14.7. The average Bonchev–Trinajstić information content (AvgIpc) is 3.40. The molecule has 0 atom stereocenters. The molecular weight excluding hydrogens is 380 g/mol. The van der Waals surface area contributed by atoms with E-state index in [-0.39, 0.29) is 5.97 Å². The molecule has 0 radical (unpaired) electrons.